The van der Waals surface area contributed by atoms with Gasteiger partial charge < -0.3 is 0 Å². The van der Waals surface area contributed by atoms with Crippen LogP contribution in [0.2, 0.25) is 0 Å². The zero-order valence-corrected chi connectivity index (χ0v) is 12.6. The SMILES string of the molecule is O=C(F)C(F)(F)C(F)(F)C(F)(F)C(F)(F)C(F)(F)C(F)(F)C(F)(F)C(F)(F)C(=O)F. The maximum Gasteiger partial charge on any atom is 0.404 e. The lowest BCUT2D eigenvalue weighted by molar-refractivity contribution is -0.448. The van der Waals surface area contributed by atoms with Crippen molar-refractivity contribution < 1.29 is 88.6 Å². The average Bonchev–Trinajstić information content (AvgIpc) is 2.52. The highest BCUT2D eigenvalue weighted by atomic mass is 19.4. The van der Waals surface area contributed by atoms with E-state index in [0.29, 0.717) is 0 Å². The van der Waals surface area contributed by atoms with Crippen molar-refractivity contribution in [3.05, 3.63) is 0 Å². The Hall–Kier alpha value is -1.92. The molecule has 30 heavy (non-hydrogen) atoms. The van der Waals surface area contributed by atoms with Crippen LogP contribution in [0.15, 0.2) is 0 Å². The fourth-order valence-electron chi connectivity index (χ4n) is 1.43. The monoisotopic (exact) mass is 494 g/mol. The molecular weight excluding hydrogens is 494 g/mol. The fraction of sp³-hybridized carbons (Fsp3) is 0.800. The molecule has 0 N–H and O–H groups in total. The van der Waals surface area contributed by atoms with Crippen LogP contribution in [0.5, 0.6) is 0 Å². The van der Waals surface area contributed by atoms with Crippen molar-refractivity contribution in [2.24, 2.45) is 0 Å². The highest BCUT2D eigenvalue weighted by molar-refractivity contribution is 5.78. The van der Waals surface area contributed by atoms with Gasteiger partial charge in [0, 0.05) is 0 Å². The summed E-state index contributed by atoms with van der Waals surface area (Å²) in [5.41, 5.74) is 0. The van der Waals surface area contributed by atoms with Crippen molar-refractivity contribution in [3.63, 3.8) is 0 Å². The van der Waals surface area contributed by atoms with Crippen LogP contribution < -0.4 is 0 Å². The van der Waals surface area contributed by atoms with Crippen LogP contribution in [-0.4, -0.2) is 59.5 Å². The van der Waals surface area contributed by atoms with Crippen LogP contribution in [0.1, 0.15) is 0 Å². The topological polar surface area (TPSA) is 34.1 Å². The van der Waals surface area contributed by atoms with Crippen molar-refractivity contribution >= 4 is 12.1 Å². The molecule has 2 nitrogen and oxygen atoms in total. The maximum atomic E-state index is 13.1. The van der Waals surface area contributed by atoms with E-state index in [2.05, 4.69) is 0 Å². The molecule has 20 heteroatoms. The number of alkyl halides is 16. The Morgan fingerprint density at radius 2 is 0.467 bits per heavy atom. The van der Waals surface area contributed by atoms with E-state index in [4.69, 9.17) is 0 Å². The zero-order valence-electron chi connectivity index (χ0n) is 12.6. The Balaban J connectivity index is 6.90. The second-order valence-electron chi connectivity index (χ2n) is 5.14. The Morgan fingerprint density at radius 1 is 0.333 bits per heavy atom. The van der Waals surface area contributed by atoms with Gasteiger partial charge >= 0.3 is 59.5 Å². The molecule has 0 aliphatic heterocycles. The summed E-state index contributed by atoms with van der Waals surface area (Å²) in [6.07, 6.45) is 0. The molecule has 0 radical (unpaired) electrons. The first-order chi connectivity index (χ1) is 12.6. The van der Waals surface area contributed by atoms with Gasteiger partial charge in [0.1, 0.15) is 0 Å². The first-order valence-corrected chi connectivity index (χ1v) is 6.06. The van der Waals surface area contributed by atoms with Crippen molar-refractivity contribution in [2.45, 2.75) is 47.4 Å². The van der Waals surface area contributed by atoms with Gasteiger partial charge in [0.25, 0.3) is 0 Å². The molecule has 0 aliphatic carbocycles. The Bertz CT molecular complexity index is 646. The van der Waals surface area contributed by atoms with E-state index in [1.807, 2.05) is 0 Å². The molecular formula is C10F18O2. The van der Waals surface area contributed by atoms with Crippen LogP contribution in [0.4, 0.5) is 79.0 Å². The smallest absolute Gasteiger partial charge is 0.254 e. The molecule has 0 spiro atoms. The summed E-state index contributed by atoms with van der Waals surface area (Å²) in [4.78, 5) is 19.2. The normalized spacial score (nSPS) is 15.9. The molecule has 178 valence electrons. The third-order valence-corrected chi connectivity index (χ3v) is 3.25. The van der Waals surface area contributed by atoms with E-state index in [1.165, 1.54) is 0 Å². The lowest BCUT2D eigenvalue weighted by Gasteiger charge is -2.42. The van der Waals surface area contributed by atoms with Crippen molar-refractivity contribution in [3.8, 4) is 0 Å². The molecule has 0 aromatic rings. The quantitative estimate of drug-likeness (QED) is 0.332. The molecule has 0 saturated heterocycles. The number of hydrogen-bond acceptors (Lipinski definition) is 2. The summed E-state index contributed by atoms with van der Waals surface area (Å²) >= 11 is 0. The molecule has 0 aromatic heterocycles. The molecule has 0 fully saturated rings. The minimum atomic E-state index is -8.90. The summed E-state index contributed by atoms with van der Waals surface area (Å²) in [6.45, 7) is 0. The summed E-state index contributed by atoms with van der Waals surface area (Å²) in [5, 5.41) is 0. The van der Waals surface area contributed by atoms with Gasteiger partial charge in [-0.1, -0.05) is 0 Å². The molecule has 0 heterocycles. The second kappa shape index (κ2) is 6.79. The average molecular weight is 494 g/mol. The van der Waals surface area contributed by atoms with Crippen molar-refractivity contribution in [2.75, 3.05) is 0 Å². The third-order valence-electron chi connectivity index (χ3n) is 3.25. The first-order valence-electron chi connectivity index (χ1n) is 6.06. The Kier molecular flexibility index (Phi) is 6.36. The lowest BCUT2D eigenvalue weighted by atomic mass is 9.87. The molecule has 0 rings (SSSR count). The van der Waals surface area contributed by atoms with E-state index >= 15 is 0 Å². The number of hydrogen-bond donors (Lipinski definition) is 0. The molecule has 0 saturated carbocycles. The van der Waals surface area contributed by atoms with Gasteiger partial charge in [-0.25, -0.2) is 0 Å². The Morgan fingerprint density at radius 3 is 0.600 bits per heavy atom. The summed E-state index contributed by atoms with van der Waals surface area (Å²) in [6, 6.07) is -9.84. The van der Waals surface area contributed by atoms with Gasteiger partial charge in [-0.2, -0.15) is 79.0 Å². The Labute approximate surface area is 149 Å². The molecule has 0 bridgehead atoms. The van der Waals surface area contributed by atoms with E-state index in [1.54, 1.807) is 0 Å². The minimum Gasteiger partial charge on any atom is -0.254 e. The van der Waals surface area contributed by atoms with Crippen LogP contribution in [0.25, 0.3) is 0 Å². The van der Waals surface area contributed by atoms with Gasteiger partial charge in [0.05, 0.1) is 0 Å². The predicted octanol–water partition coefficient (Wildman–Crippen LogP) is 5.06. The zero-order chi connectivity index (χ0) is 25.2. The summed E-state index contributed by atoms with van der Waals surface area (Å²) in [7, 11) is 0. The third kappa shape index (κ3) is 3.07. The molecule has 0 aromatic carbocycles. The summed E-state index contributed by atoms with van der Waals surface area (Å²) in [5.74, 6) is -67.3. The first kappa shape index (κ1) is 28.1. The van der Waals surface area contributed by atoms with E-state index in [0.717, 1.165) is 0 Å². The van der Waals surface area contributed by atoms with Gasteiger partial charge in [-0.05, 0) is 0 Å². The van der Waals surface area contributed by atoms with Crippen molar-refractivity contribution in [1.29, 1.82) is 0 Å². The van der Waals surface area contributed by atoms with Gasteiger partial charge in [0.2, 0.25) is 0 Å². The van der Waals surface area contributed by atoms with Crippen LogP contribution in [0.3, 0.4) is 0 Å². The van der Waals surface area contributed by atoms with E-state index in [-0.39, 0.29) is 0 Å². The number of carbonyl (C=O) groups excluding carboxylic acids is 2. The van der Waals surface area contributed by atoms with Crippen LogP contribution in [-0.2, 0) is 9.59 Å². The van der Waals surface area contributed by atoms with Gasteiger partial charge in [0.15, 0.2) is 0 Å². The molecule has 0 aliphatic rings. The maximum absolute atomic E-state index is 13.1. The van der Waals surface area contributed by atoms with Crippen molar-refractivity contribution in [1.82, 2.24) is 0 Å². The molecule has 0 unspecified atom stereocenters. The van der Waals surface area contributed by atoms with E-state index < -0.39 is 59.5 Å². The summed E-state index contributed by atoms with van der Waals surface area (Å²) < 4.78 is 229. The van der Waals surface area contributed by atoms with Crippen LogP contribution >= 0.6 is 0 Å². The van der Waals surface area contributed by atoms with Crippen LogP contribution in [0, 0.1) is 0 Å². The largest absolute Gasteiger partial charge is 0.404 e. The second-order valence-corrected chi connectivity index (χ2v) is 5.14. The fourth-order valence-corrected chi connectivity index (χ4v) is 1.43. The molecule has 0 atom stereocenters. The van der Waals surface area contributed by atoms with E-state index in [9.17, 15) is 88.6 Å². The van der Waals surface area contributed by atoms with Gasteiger partial charge in [-0.15, -0.1) is 0 Å². The standard InChI is InChI=1S/C10F18O2/c11-1(29)3(13,14)5(17,18)7(21,22)9(25,26)10(27,28)8(23,24)6(19,20)4(15,16)2(12)30. The number of rotatable bonds is 9. The predicted molar refractivity (Wildman–Crippen MR) is 51.8 cm³/mol. The lowest BCUT2D eigenvalue weighted by Crippen LogP contribution is -2.75. The number of halogens is 18. The van der Waals surface area contributed by atoms with Gasteiger partial charge in [-0.3, -0.25) is 9.59 Å². The highest BCUT2D eigenvalue weighted by Crippen LogP contribution is 2.63. The minimum absolute atomic E-state index is 4.92. The highest BCUT2D eigenvalue weighted by Gasteiger charge is 2.96. The number of carbonyl (C=O) groups is 2. The molecule has 0 amide bonds.